The topological polar surface area (TPSA) is 83.2 Å². The van der Waals surface area contributed by atoms with Crippen LogP contribution in [0.5, 0.6) is 5.75 Å². The molecule has 3 aromatic rings. The smallest absolute Gasteiger partial charge is 0.309 e. The molecule has 10 heteroatoms. The third-order valence-electron chi connectivity index (χ3n) is 8.87. The molecule has 2 aliphatic heterocycles. The maximum atomic E-state index is 11.5. The highest BCUT2D eigenvalue weighted by Crippen LogP contribution is 2.45. The zero-order valence-electron chi connectivity index (χ0n) is 21.7. The molecule has 202 valence electrons. The Bertz CT molecular complexity index is 1350. The summed E-state index contributed by atoms with van der Waals surface area (Å²) in [5.74, 6) is 1.29. The number of ether oxygens (including phenoxy) is 1. The first-order chi connectivity index (χ1) is 18.2. The van der Waals surface area contributed by atoms with Gasteiger partial charge in [-0.1, -0.05) is 29.3 Å². The van der Waals surface area contributed by atoms with E-state index in [9.17, 15) is 9.90 Å². The molecule has 0 bridgehead atoms. The van der Waals surface area contributed by atoms with E-state index in [1.165, 1.54) is 19.2 Å². The Balaban J connectivity index is 1.11. The van der Waals surface area contributed by atoms with Crippen molar-refractivity contribution in [3.05, 3.63) is 52.4 Å². The third-order valence-corrected chi connectivity index (χ3v) is 9.43. The lowest BCUT2D eigenvalue weighted by molar-refractivity contribution is -0.158. The van der Waals surface area contributed by atoms with Gasteiger partial charge in [0.1, 0.15) is 12.4 Å². The van der Waals surface area contributed by atoms with Crippen LogP contribution in [0.25, 0.3) is 5.65 Å². The molecule has 1 aliphatic carbocycles. The Morgan fingerprint density at radius 1 is 1.18 bits per heavy atom. The Hall–Kier alpha value is -2.55. The standard InChI is InChI=1S/C28H33Cl2N5O3/c1-17(23-6-5-20(29)8-24(23)30)38-25-9-21(15-35-26(25)31-16-32-35)34-13-19(14-34)18-4-3-7-33(12-18)22-10-28(2,11-22)27(36)37/h5-6,8-9,15-19,22H,3-4,7,10-14H2,1-2H3,(H,36,37)/t17-,18+,22?,28?/m1/s1. The molecule has 6 rings (SSSR count). The zero-order chi connectivity index (χ0) is 26.6. The van der Waals surface area contributed by atoms with Crippen LogP contribution >= 0.6 is 23.2 Å². The minimum Gasteiger partial charge on any atom is -0.482 e. The summed E-state index contributed by atoms with van der Waals surface area (Å²) in [5.41, 5.74) is 2.05. The molecule has 3 aliphatic rings. The molecule has 0 amide bonds. The first kappa shape index (κ1) is 25.7. The van der Waals surface area contributed by atoms with Crippen molar-refractivity contribution in [2.45, 2.75) is 51.7 Å². The number of benzene rings is 1. The monoisotopic (exact) mass is 557 g/mol. The largest absolute Gasteiger partial charge is 0.482 e. The lowest BCUT2D eigenvalue weighted by Crippen LogP contribution is -2.58. The molecular formula is C28H33Cl2N5O3. The van der Waals surface area contributed by atoms with Crippen molar-refractivity contribution in [1.29, 1.82) is 0 Å². The summed E-state index contributed by atoms with van der Waals surface area (Å²) in [6, 6.07) is 7.90. The number of pyridine rings is 1. The second kappa shape index (κ2) is 9.88. The van der Waals surface area contributed by atoms with Crippen molar-refractivity contribution in [2.24, 2.45) is 17.3 Å². The Kier molecular flexibility index (Phi) is 6.69. The maximum absolute atomic E-state index is 11.5. The van der Waals surface area contributed by atoms with Gasteiger partial charge < -0.3 is 19.6 Å². The number of rotatable bonds is 7. The number of fused-ring (bicyclic) bond motifs is 1. The highest BCUT2D eigenvalue weighted by atomic mass is 35.5. The van der Waals surface area contributed by atoms with Crippen molar-refractivity contribution in [3.63, 3.8) is 0 Å². The van der Waals surface area contributed by atoms with Crippen LogP contribution in [0.2, 0.25) is 10.0 Å². The second-order valence-corrected chi connectivity index (χ2v) is 12.4. The van der Waals surface area contributed by atoms with E-state index in [4.69, 9.17) is 27.9 Å². The highest BCUT2D eigenvalue weighted by Gasteiger charge is 2.49. The van der Waals surface area contributed by atoms with Crippen LogP contribution in [-0.4, -0.2) is 62.8 Å². The van der Waals surface area contributed by atoms with Crippen LogP contribution in [-0.2, 0) is 4.79 Å². The van der Waals surface area contributed by atoms with E-state index >= 15 is 0 Å². The summed E-state index contributed by atoms with van der Waals surface area (Å²) in [7, 11) is 0. The normalized spacial score (nSPS) is 27.1. The first-order valence-electron chi connectivity index (χ1n) is 13.4. The fourth-order valence-electron chi connectivity index (χ4n) is 6.42. The fourth-order valence-corrected chi connectivity index (χ4v) is 6.98. The van der Waals surface area contributed by atoms with Crippen LogP contribution in [0, 0.1) is 17.3 Å². The van der Waals surface area contributed by atoms with Gasteiger partial charge in [0.15, 0.2) is 11.4 Å². The highest BCUT2D eigenvalue weighted by molar-refractivity contribution is 6.35. The number of carboxylic acid groups (broad SMARTS) is 1. The number of likely N-dealkylation sites (tertiary alicyclic amines) is 1. The van der Waals surface area contributed by atoms with Crippen molar-refractivity contribution >= 4 is 40.5 Å². The molecular weight excluding hydrogens is 525 g/mol. The Morgan fingerprint density at radius 2 is 1.97 bits per heavy atom. The van der Waals surface area contributed by atoms with E-state index in [2.05, 4.69) is 25.9 Å². The quantitative estimate of drug-likeness (QED) is 0.406. The van der Waals surface area contributed by atoms with Crippen LogP contribution in [0.15, 0.2) is 36.8 Å². The van der Waals surface area contributed by atoms with E-state index in [1.807, 2.05) is 32.2 Å². The number of piperidine rings is 1. The molecule has 2 atom stereocenters. The van der Waals surface area contributed by atoms with Gasteiger partial charge in [-0.25, -0.2) is 9.50 Å². The SMILES string of the molecule is C[C@@H](Oc1cc(N2CC([C@H]3CCCN(C4CC(C)(C(=O)O)C4)C3)C2)cn2ncnc12)c1ccc(Cl)cc1Cl. The number of carbonyl (C=O) groups is 1. The molecule has 0 unspecified atom stereocenters. The van der Waals surface area contributed by atoms with Crippen molar-refractivity contribution in [2.75, 3.05) is 31.1 Å². The summed E-state index contributed by atoms with van der Waals surface area (Å²) in [4.78, 5) is 20.9. The van der Waals surface area contributed by atoms with E-state index in [-0.39, 0.29) is 6.10 Å². The van der Waals surface area contributed by atoms with Gasteiger partial charge in [0.25, 0.3) is 0 Å². The van der Waals surface area contributed by atoms with Crippen LogP contribution in [0.4, 0.5) is 5.69 Å². The number of aromatic nitrogens is 3. The molecule has 2 aromatic heterocycles. The van der Waals surface area contributed by atoms with E-state index in [1.54, 1.807) is 10.6 Å². The van der Waals surface area contributed by atoms with Crippen LogP contribution in [0.3, 0.4) is 0 Å². The molecule has 1 saturated carbocycles. The van der Waals surface area contributed by atoms with Gasteiger partial charge in [0.2, 0.25) is 0 Å². The Labute approximate surface area is 232 Å². The average molecular weight is 559 g/mol. The molecule has 1 N–H and O–H groups in total. The lowest BCUT2D eigenvalue weighted by atomic mass is 9.65. The van der Waals surface area contributed by atoms with Gasteiger partial charge in [-0.3, -0.25) is 4.79 Å². The van der Waals surface area contributed by atoms with Gasteiger partial charge in [0, 0.05) is 47.4 Å². The Morgan fingerprint density at radius 3 is 2.71 bits per heavy atom. The number of carboxylic acids is 1. The maximum Gasteiger partial charge on any atom is 0.309 e. The number of halogens is 2. The molecule has 1 aromatic carbocycles. The molecule has 38 heavy (non-hydrogen) atoms. The van der Waals surface area contributed by atoms with Crippen LogP contribution in [0.1, 0.15) is 51.2 Å². The van der Waals surface area contributed by atoms with Crippen molar-refractivity contribution < 1.29 is 14.6 Å². The summed E-state index contributed by atoms with van der Waals surface area (Å²) in [5, 5.41) is 15.0. The third kappa shape index (κ3) is 4.71. The fraction of sp³-hybridized carbons (Fsp3) is 0.536. The minimum atomic E-state index is -0.657. The number of hydrogen-bond acceptors (Lipinski definition) is 6. The molecule has 3 fully saturated rings. The molecule has 4 heterocycles. The molecule has 8 nitrogen and oxygen atoms in total. The predicted octanol–water partition coefficient (Wildman–Crippen LogP) is 5.58. The number of anilines is 1. The summed E-state index contributed by atoms with van der Waals surface area (Å²) in [6.45, 7) is 8.00. The summed E-state index contributed by atoms with van der Waals surface area (Å²) in [6.07, 6.45) is 7.24. The van der Waals surface area contributed by atoms with Gasteiger partial charge in [-0.05, 0) is 70.0 Å². The number of nitrogens with zero attached hydrogens (tertiary/aromatic N) is 5. The van der Waals surface area contributed by atoms with E-state index < -0.39 is 11.4 Å². The van der Waals surface area contributed by atoms with E-state index in [0.717, 1.165) is 50.3 Å². The summed E-state index contributed by atoms with van der Waals surface area (Å²) < 4.78 is 8.13. The van der Waals surface area contributed by atoms with Crippen LogP contribution < -0.4 is 9.64 Å². The van der Waals surface area contributed by atoms with Gasteiger partial charge >= 0.3 is 5.97 Å². The van der Waals surface area contributed by atoms with E-state index in [0.29, 0.717) is 39.3 Å². The van der Waals surface area contributed by atoms with Gasteiger partial charge in [-0.2, -0.15) is 5.10 Å². The first-order valence-corrected chi connectivity index (χ1v) is 14.1. The second-order valence-electron chi connectivity index (χ2n) is 11.5. The van der Waals surface area contributed by atoms with Crippen molar-refractivity contribution in [3.8, 4) is 5.75 Å². The van der Waals surface area contributed by atoms with Gasteiger partial charge in [0.05, 0.1) is 17.3 Å². The molecule has 0 spiro atoms. The predicted molar refractivity (Wildman–Crippen MR) is 147 cm³/mol. The molecule has 2 saturated heterocycles. The lowest BCUT2D eigenvalue weighted by Gasteiger charge is -2.52. The number of hydrogen-bond donors (Lipinski definition) is 1. The zero-order valence-corrected chi connectivity index (χ0v) is 23.2. The minimum absolute atomic E-state index is 0.289. The number of aliphatic carboxylic acids is 1. The average Bonchev–Trinajstić information content (AvgIpc) is 3.30. The molecule has 0 radical (unpaired) electrons. The van der Waals surface area contributed by atoms with Gasteiger partial charge in [-0.15, -0.1) is 0 Å². The summed E-state index contributed by atoms with van der Waals surface area (Å²) >= 11 is 12.5. The van der Waals surface area contributed by atoms with Crippen molar-refractivity contribution in [1.82, 2.24) is 19.5 Å².